The Hall–Kier alpha value is -2.29. The molecule has 1 atom stereocenters. The van der Waals surface area contributed by atoms with Crippen LogP contribution in [0.1, 0.15) is 30.4 Å². The van der Waals surface area contributed by atoms with E-state index in [-0.39, 0.29) is 11.8 Å². The first-order valence-electron chi connectivity index (χ1n) is 7.42. The Bertz CT molecular complexity index is 652. The molecule has 108 valence electrons. The van der Waals surface area contributed by atoms with E-state index in [9.17, 15) is 4.79 Å². The van der Waals surface area contributed by atoms with Crippen LogP contribution in [-0.4, -0.2) is 12.5 Å². The molecule has 1 aliphatic heterocycles. The molecule has 0 aliphatic carbocycles. The molecule has 0 fully saturated rings. The van der Waals surface area contributed by atoms with Crippen molar-refractivity contribution in [1.29, 1.82) is 0 Å². The summed E-state index contributed by atoms with van der Waals surface area (Å²) in [5.74, 6) is 0.00586. The molecule has 0 saturated carbocycles. The number of hydrogen-bond acceptors (Lipinski definition) is 2. The van der Waals surface area contributed by atoms with Crippen LogP contribution in [0.3, 0.4) is 0 Å². The van der Waals surface area contributed by atoms with Gasteiger partial charge in [-0.25, -0.2) is 0 Å². The van der Waals surface area contributed by atoms with Crippen LogP contribution in [0.4, 0.5) is 11.4 Å². The molecule has 2 aromatic carbocycles. The molecule has 0 spiro atoms. The monoisotopic (exact) mass is 280 g/mol. The van der Waals surface area contributed by atoms with Crippen molar-refractivity contribution in [2.75, 3.05) is 17.2 Å². The van der Waals surface area contributed by atoms with E-state index in [0.717, 1.165) is 41.9 Å². The Morgan fingerprint density at radius 3 is 2.67 bits per heavy atom. The molecule has 0 radical (unpaired) electrons. The SMILES string of the molecule is CC(C(=O)N1CCCc2c(N)cccc21)c1ccccc1. The third-order valence-corrected chi connectivity index (χ3v) is 4.22. The van der Waals surface area contributed by atoms with E-state index in [2.05, 4.69) is 0 Å². The number of nitrogens with two attached hydrogens (primary N) is 1. The van der Waals surface area contributed by atoms with Crippen LogP contribution in [0, 0.1) is 0 Å². The largest absolute Gasteiger partial charge is 0.398 e. The summed E-state index contributed by atoms with van der Waals surface area (Å²) in [6, 6.07) is 15.8. The first-order valence-corrected chi connectivity index (χ1v) is 7.42. The summed E-state index contributed by atoms with van der Waals surface area (Å²) in [4.78, 5) is 14.8. The smallest absolute Gasteiger partial charge is 0.234 e. The van der Waals surface area contributed by atoms with Gasteiger partial charge in [-0.1, -0.05) is 36.4 Å². The first kappa shape index (κ1) is 13.7. The van der Waals surface area contributed by atoms with Crippen LogP contribution in [0.5, 0.6) is 0 Å². The van der Waals surface area contributed by atoms with E-state index in [0.29, 0.717) is 0 Å². The second-order valence-corrected chi connectivity index (χ2v) is 5.57. The standard InChI is InChI=1S/C18H20N2O/c1-13(14-7-3-2-4-8-14)18(21)20-12-6-9-15-16(19)10-5-11-17(15)20/h2-5,7-8,10-11,13H,6,9,12,19H2,1H3. The number of fused-ring (bicyclic) bond motifs is 1. The predicted octanol–water partition coefficient (Wildman–Crippen LogP) is 3.35. The van der Waals surface area contributed by atoms with Crippen molar-refractivity contribution in [3.05, 3.63) is 59.7 Å². The van der Waals surface area contributed by atoms with Crippen LogP contribution < -0.4 is 10.6 Å². The van der Waals surface area contributed by atoms with E-state index in [4.69, 9.17) is 5.73 Å². The van der Waals surface area contributed by atoms with E-state index in [1.165, 1.54) is 0 Å². The molecule has 0 saturated heterocycles. The van der Waals surface area contributed by atoms with E-state index in [1.807, 2.05) is 60.4 Å². The Labute approximate surface area is 125 Å². The van der Waals surface area contributed by atoms with Crippen LogP contribution in [0.2, 0.25) is 0 Å². The van der Waals surface area contributed by atoms with Gasteiger partial charge in [0.05, 0.1) is 5.92 Å². The second-order valence-electron chi connectivity index (χ2n) is 5.57. The summed E-state index contributed by atoms with van der Waals surface area (Å²) < 4.78 is 0. The van der Waals surface area contributed by atoms with Crippen LogP contribution >= 0.6 is 0 Å². The second kappa shape index (κ2) is 5.60. The molecule has 0 bridgehead atoms. The molecular formula is C18H20N2O. The zero-order valence-corrected chi connectivity index (χ0v) is 12.3. The Morgan fingerprint density at radius 1 is 1.14 bits per heavy atom. The molecule has 1 aliphatic rings. The number of amides is 1. The van der Waals surface area contributed by atoms with Gasteiger partial charge in [0.25, 0.3) is 0 Å². The fourth-order valence-corrected chi connectivity index (χ4v) is 3.00. The van der Waals surface area contributed by atoms with Gasteiger partial charge in [0, 0.05) is 17.9 Å². The predicted molar refractivity (Wildman–Crippen MR) is 86.4 cm³/mol. The minimum Gasteiger partial charge on any atom is -0.398 e. The number of nitrogen functional groups attached to an aromatic ring is 1. The highest BCUT2D eigenvalue weighted by Crippen LogP contribution is 2.33. The summed E-state index contributed by atoms with van der Waals surface area (Å²) in [6.07, 6.45) is 1.92. The number of anilines is 2. The Kier molecular flexibility index (Phi) is 3.65. The molecule has 2 N–H and O–H groups in total. The van der Waals surface area contributed by atoms with Crippen LogP contribution in [0.25, 0.3) is 0 Å². The van der Waals surface area contributed by atoms with Gasteiger partial charge in [-0.2, -0.15) is 0 Å². The molecule has 21 heavy (non-hydrogen) atoms. The van der Waals surface area contributed by atoms with Gasteiger partial charge < -0.3 is 10.6 Å². The van der Waals surface area contributed by atoms with Crippen LogP contribution in [0.15, 0.2) is 48.5 Å². The lowest BCUT2D eigenvalue weighted by molar-refractivity contribution is -0.119. The summed E-state index contributed by atoms with van der Waals surface area (Å²) in [5, 5.41) is 0. The van der Waals surface area contributed by atoms with Crippen molar-refractivity contribution >= 4 is 17.3 Å². The van der Waals surface area contributed by atoms with Gasteiger partial charge in [0.15, 0.2) is 0 Å². The lowest BCUT2D eigenvalue weighted by Gasteiger charge is -2.32. The maximum absolute atomic E-state index is 12.9. The molecule has 1 unspecified atom stereocenters. The molecule has 3 nitrogen and oxygen atoms in total. The summed E-state index contributed by atoms with van der Waals surface area (Å²) in [6.45, 7) is 2.74. The van der Waals surface area contributed by atoms with E-state index in [1.54, 1.807) is 0 Å². The van der Waals surface area contributed by atoms with Crippen molar-refractivity contribution in [1.82, 2.24) is 0 Å². The summed E-state index contributed by atoms with van der Waals surface area (Å²) >= 11 is 0. The Morgan fingerprint density at radius 2 is 1.90 bits per heavy atom. The van der Waals surface area contributed by atoms with Gasteiger partial charge >= 0.3 is 0 Å². The molecule has 1 heterocycles. The lowest BCUT2D eigenvalue weighted by Crippen LogP contribution is -2.38. The fourth-order valence-electron chi connectivity index (χ4n) is 3.00. The zero-order valence-electron chi connectivity index (χ0n) is 12.3. The number of nitrogens with zero attached hydrogens (tertiary/aromatic N) is 1. The Balaban J connectivity index is 1.92. The van der Waals surface area contributed by atoms with Crippen molar-refractivity contribution in [3.8, 4) is 0 Å². The average molecular weight is 280 g/mol. The molecular weight excluding hydrogens is 260 g/mol. The quantitative estimate of drug-likeness (QED) is 0.857. The van der Waals surface area contributed by atoms with Gasteiger partial charge in [-0.3, -0.25) is 4.79 Å². The maximum atomic E-state index is 12.9. The minimum atomic E-state index is -0.140. The topological polar surface area (TPSA) is 46.3 Å². The number of rotatable bonds is 2. The number of carbonyl (C=O) groups is 1. The van der Waals surface area contributed by atoms with Gasteiger partial charge in [0.2, 0.25) is 5.91 Å². The summed E-state index contributed by atoms with van der Waals surface area (Å²) in [7, 11) is 0. The molecule has 1 amide bonds. The third-order valence-electron chi connectivity index (χ3n) is 4.22. The maximum Gasteiger partial charge on any atom is 0.234 e. The molecule has 3 rings (SSSR count). The van der Waals surface area contributed by atoms with Crippen molar-refractivity contribution < 1.29 is 4.79 Å². The fraction of sp³-hybridized carbons (Fsp3) is 0.278. The van der Waals surface area contributed by atoms with Gasteiger partial charge in [-0.15, -0.1) is 0 Å². The van der Waals surface area contributed by atoms with E-state index < -0.39 is 0 Å². The molecule has 2 aromatic rings. The molecule has 0 aromatic heterocycles. The first-order chi connectivity index (χ1) is 10.2. The van der Waals surface area contributed by atoms with Gasteiger partial charge in [0.1, 0.15) is 0 Å². The van der Waals surface area contributed by atoms with Crippen molar-refractivity contribution in [2.24, 2.45) is 0 Å². The van der Waals surface area contributed by atoms with Crippen LogP contribution in [-0.2, 0) is 11.2 Å². The number of hydrogen-bond donors (Lipinski definition) is 1. The third kappa shape index (κ3) is 2.51. The highest BCUT2D eigenvalue weighted by Gasteiger charge is 2.27. The van der Waals surface area contributed by atoms with E-state index >= 15 is 0 Å². The molecule has 3 heteroatoms. The normalized spacial score (nSPS) is 15.4. The lowest BCUT2D eigenvalue weighted by atomic mass is 9.95. The number of carbonyl (C=O) groups excluding carboxylic acids is 1. The average Bonchev–Trinajstić information content (AvgIpc) is 2.54. The number of benzene rings is 2. The van der Waals surface area contributed by atoms with Crippen molar-refractivity contribution in [2.45, 2.75) is 25.7 Å². The zero-order chi connectivity index (χ0) is 14.8. The summed E-state index contributed by atoms with van der Waals surface area (Å²) in [5.41, 5.74) is 9.99. The minimum absolute atomic E-state index is 0.140. The highest BCUT2D eigenvalue weighted by molar-refractivity contribution is 5.99. The van der Waals surface area contributed by atoms with Gasteiger partial charge in [-0.05, 0) is 43.0 Å². The van der Waals surface area contributed by atoms with Crippen molar-refractivity contribution in [3.63, 3.8) is 0 Å². The highest BCUT2D eigenvalue weighted by atomic mass is 16.2.